The second-order valence-corrected chi connectivity index (χ2v) is 10.00. The molecule has 0 saturated heterocycles. The van der Waals surface area contributed by atoms with E-state index >= 15 is 0 Å². The fourth-order valence-electron chi connectivity index (χ4n) is 6.32. The van der Waals surface area contributed by atoms with E-state index in [-0.39, 0.29) is 22.6 Å². The first kappa shape index (κ1) is 21.2. The Kier molecular flexibility index (Phi) is 4.57. The van der Waals surface area contributed by atoms with Crippen molar-refractivity contribution in [2.24, 2.45) is 15.6 Å². The second-order valence-electron chi connectivity index (χ2n) is 10.00. The molecule has 0 amide bonds. The van der Waals surface area contributed by atoms with Crippen LogP contribution >= 0.6 is 0 Å². The van der Waals surface area contributed by atoms with Crippen LogP contribution in [0, 0.1) is 17.0 Å². The summed E-state index contributed by atoms with van der Waals surface area (Å²) in [5.74, 6) is -1.06. The summed E-state index contributed by atoms with van der Waals surface area (Å²) in [5.41, 5.74) is 5.14. The van der Waals surface area contributed by atoms with Gasteiger partial charge < -0.3 is 0 Å². The molecule has 3 aliphatic rings. The zero-order valence-electron chi connectivity index (χ0n) is 19.4. The minimum absolute atomic E-state index is 0.126. The number of hydrogen-bond donors (Lipinski definition) is 0. The van der Waals surface area contributed by atoms with Crippen LogP contribution in [0.5, 0.6) is 0 Å². The zero-order valence-corrected chi connectivity index (χ0v) is 19.4. The lowest BCUT2D eigenvalue weighted by Gasteiger charge is -2.37. The molecule has 1 fully saturated rings. The van der Waals surface area contributed by atoms with Crippen molar-refractivity contribution in [2.45, 2.75) is 57.8 Å². The number of nitrogens with zero attached hydrogens (tertiary/aromatic N) is 5. The molecule has 5 nitrogen and oxygen atoms in total. The molecule has 0 N–H and O–H groups in total. The molecule has 7 heteroatoms. The number of benzene rings is 1. The Morgan fingerprint density at radius 1 is 0.971 bits per heavy atom. The summed E-state index contributed by atoms with van der Waals surface area (Å²) in [4.78, 5) is 5.09. The maximum absolute atomic E-state index is 14.5. The Hall–Kier alpha value is -3.35. The maximum Gasteiger partial charge on any atom is 0.135 e. The van der Waals surface area contributed by atoms with Gasteiger partial charge in [-0.2, -0.15) is 15.3 Å². The van der Waals surface area contributed by atoms with Gasteiger partial charge >= 0.3 is 0 Å². The van der Waals surface area contributed by atoms with E-state index in [1.54, 1.807) is 0 Å². The highest BCUT2D eigenvalue weighted by molar-refractivity contribution is 6.14. The van der Waals surface area contributed by atoms with Crippen LogP contribution in [0.1, 0.15) is 75.0 Å². The minimum Gasteiger partial charge on any atom is -0.250 e. The van der Waals surface area contributed by atoms with Crippen molar-refractivity contribution in [3.63, 3.8) is 0 Å². The van der Waals surface area contributed by atoms with Crippen LogP contribution in [0.2, 0.25) is 0 Å². The molecule has 2 aliphatic carbocycles. The van der Waals surface area contributed by atoms with Crippen molar-refractivity contribution in [3.8, 4) is 11.3 Å². The molecule has 1 saturated carbocycles. The van der Waals surface area contributed by atoms with Crippen LogP contribution in [-0.2, 0) is 5.41 Å². The Balaban J connectivity index is 1.47. The van der Waals surface area contributed by atoms with Crippen LogP contribution in [-0.4, -0.2) is 26.6 Å². The predicted molar refractivity (Wildman–Crippen MR) is 127 cm³/mol. The molecule has 3 heterocycles. The molecule has 1 aliphatic heterocycles. The first-order valence-electron chi connectivity index (χ1n) is 11.8. The lowest BCUT2D eigenvalue weighted by Crippen LogP contribution is -2.38. The van der Waals surface area contributed by atoms with E-state index < -0.39 is 17.0 Å². The Morgan fingerprint density at radius 2 is 1.74 bits per heavy atom. The summed E-state index contributed by atoms with van der Waals surface area (Å²) in [6.07, 6.45) is 3.46. The van der Waals surface area contributed by atoms with E-state index in [1.807, 2.05) is 18.2 Å². The first-order chi connectivity index (χ1) is 16.4. The lowest BCUT2D eigenvalue weighted by atomic mass is 9.66. The normalized spacial score (nSPS) is 24.2. The van der Waals surface area contributed by atoms with Gasteiger partial charge in [0.2, 0.25) is 0 Å². The Morgan fingerprint density at radius 3 is 2.47 bits per heavy atom. The average molecular weight is 458 g/mol. The van der Waals surface area contributed by atoms with Crippen LogP contribution < -0.4 is 0 Å². The summed E-state index contributed by atoms with van der Waals surface area (Å²) in [5, 5.41) is 17.6. The van der Waals surface area contributed by atoms with E-state index in [0.29, 0.717) is 0 Å². The minimum atomic E-state index is -0.633. The van der Waals surface area contributed by atoms with Gasteiger partial charge in [0.15, 0.2) is 0 Å². The van der Waals surface area contributed by atoms with Crippen molar-refractivity contribution >= 4 is 11.4 Å². The van der Waals surface area contributed by atoms with Gasteiger partial charge in [0, 0.05) is 12.1 Å². The Bertz CT molecular complexity index is 1370. The van der Waals surface area contributed by atoms with Crippen LogP contribution in [0.4, 0.5) is 8.78 Å². The number of aromatic nitrogens is 3. The summed E-state index contributed by atoms with van der Waals surface area (Å²) in [7, 11) is 0. The van der Waals surface area contributed by atoms with Crippen molar-refractivity contribution in [3.05, 3.63) is 76.7 Å². The summed E-state index contributed by atoms with van der Waals surface area (Å²) in [6, 6.07) is 11.8. The molecule has 0 spiro atoms. The van der Waals surface area contributed by atoms with Crippen LogP contribution in [0.3, 0.4) is 0 Å². The molecule has 0 unspecified atom stereocenters. The highest BCUT2D eigenvalue weighted by Gasteiger charge is 2.65. The summed E-state index contributed by atoms with van der Waals surface area (Å²) >= 11 is 0. The van der Waals surface area contributed by atoms with E-state index in [0.717, 1.165) is 59.8 Å². The number of hydrogen-bond acceptors (Lipinski definition) is 5. The standard InChI is InChI=1S/C27H25F2N5/c1-4-15-13-21(32-31-15)20-9-6-10-23(30-20)27-12-11-17(26(27,2)3)16-14-22(33-34-25(16)27)24-18(28)7-5-8-19(24)29/h5-10,14,17H,4,11-13H2,1-3H3/t17-,27-/m0/s1. The van der Waals surface area contributed by atoms with Gasteiger partial charge in [0.1, 0.15) is 11.6 Å². The molecule has 2 atom stereocenters. The number of pyridine rings is 1. The third kappa shape index (κ3) is 2.73. The molecule has 172 valence electrons. The van der Waals surface area contributed by atoms with E-state index in [2.05, 4.69) is 47.2 Å². The lowest BCUT2D eigenvalue weighted by molar-refractivity contribution is 0.243. The number of fused-ring (bicyclic) bond motifs is 5. The smallest absolute Gasteiger partial charge is 0.135 e. The van der Waals surface area contributed by atoms with Crippen molar-refractivity contribution in [2.75, 3.05) is 0 Å². The van der Waals surface area contributed by atoms with E-state index in [1.165, 1.54) is 18.2 Å². The highest BCUT2D eigenvalue weighted by atomic mass is 19.1. The first-order valence-corrected chi connectivity index (χ1v) is 11.8. The van der Waals surface area contributed by atoms with Crippen LogP contribution in [0.25, 0.3) is 11.3 Å². The highest BCUT2D eigenvalue weighted by Crippen LogP contribution is 2.69. The molecule has 6 rings (SSSR count). The van der Waals surface area contributed by atoms with Gasteiger partial charge in [-0.05, 0) is 66.5 Å². The SMILES string of the molecule is CCC1=NN=C(c2cccc([C@@]34CC[C@@H](c5cc(-c6c(F)cccc6F)nnc53)C4(C)C)n2)C1. The van der Waals surface area contributed by atoms with E-state index in [4.69, 9.17) is 4.98 Å². The molecule has 2 bridgehead atoms. The molecular weight excluding hydrogens is 432 g/mol. The monoisotopic (exact) mass is 457 g/mol. The van der Waals surface area contributed by atoms with Gasteiger partial charge in [-0.1, -0.05) is 32.9 Å². The third-order valence-corrected chi connectivity index (χ3v) is 8.17. The molecule has 3 aromatic rings. The van der Waals surface area contributed by atoms with Gasteiger partial charge in [-0.25, -0.2) is 8.78 Å². The summed E-state index contributed by atoms with van der Waals surface area (Å²) < 4.78 is 29.0. The average Bonchev–Trinajstić information content (AvgIpc) is 3.47. The Labute approximate surface area is 197 Å². The van der Waals surface area contributed by atoms with Gasteiger partial charge in [-0.3, -0.25) is 4.98 Å². The number of halogens is 2. The van der Waals surface area contributed by atoms with Crippen molar-refractivity contribution < 1.29 is 8.78 Å². The second kappa shape index (κ2) is 7.32. The summed E-state index contributed by atoms with van der Waals surface area (Å²) in [6.45, 7) is 6.57. The van der Waals surface area contributed by atoms with Crippen molar-refractivity contribution in [1.29, 1.82) is 0 Å². The largest absolute Gasteiger partial charge is 0.250 e. The van der Waals surface area contributed by atoms with Gasteiger partial charge in [0.25, 0.3) is 0 Å². The third-order valence-electron chi connectivity index (χ3n) is 8.17. The maximum atomic E-state index is 14.5. The number of rotatable bonds is 4. The molecule has 1 aromatic carbocycles. The van der Waals surface area contributed by atoms with Gasteiger partial charge in [0.05, 0.1) is 39.5 Å². The molecular formula is C27H25F2N5. The predicted octanol–water partition coefficient (Wildman–Crippen LogP) is 5.98. The topological polar surface area (TPSA) is 63.4 Å². The zero-order chi connectivity index (χ0) is 23.7. The van der Waals surface area contributed by atoms with E-state index in [9.17, 15) is 8.78 Å². The van der Waals surface area contributed by atoms with Gasteiger partial charge in [-0.15, -0.1) is 5.10 Å². The molecule has 2 aromatic heterocycles. The molecule has 34 heavy (non-hydrogen) atoms. The molecule has 0 radical (unpaired) electrons. The van der Waals surface area contributed by atoms with Crippen molar-refractivity contribution in [1.82, 2.24) is 15.2 Å². The fraction of sp³-hybridized carbons (Fsp3) is 0.370. The quantitative estimate of drug-likeness (QED) is 0.484. The fourth-order valence-corrected chi connectivity index (χ4v) is 6.32. The van der Waals surface area contributed by atoms with Crippen LogP contribution in [0.15, 0.2) is 52.7 Å².